The van der Waals surface area contributed by atoms with E-state index in [1.54, 1.807) is 0 Å². The summed E-state index contributed by atoms with van der Waals surface area (Å²) in [5, 5.41) is 6.95. The van der Waals surface area contributed by atoms with Gasteiger partial charge in [0.25, 0.3) is 0 Å². The molecule has 6 heteroatoms. The molecule has 0 bridgehead atoms. The van der Waals surface area contributed by atoms with Crippen LogP contribution in [-0.2, 0) is 11.3 Å². The number of benzene rings is 1. The summed E-state index contributed by atoms with van der Waals surface area (Å²) in [5.74, 6) is 2.61. The van der Waals surface area contributed by atoms with Crippen molar-refractivity contribution in [3.63, 3.8) is 0 Å². The molecule has 28 heavy (non-hydrogen) atoms. The summed E-state index contributed by atoms with van der Waals surface area (Å²) < 4.78 is 11.6. The molecule has 2 aliphatic carbocycles. The van der Waals surface area contributed by atoms with Crippen LogP contribution >= 0.6 is 24.0 Å². The molecular weight excluding hydrogens is 465 g/mol. The van der Waals surface area contributed by atoms with Gasteiger partial charge in [0.15, 0.2) is 5.96 Å². The minimum Gasteiger partial charge on any atom is -0.493 e. The van der Waals surface area contributed by atoms with Crippen LogP contribution < -0.4 is 15.4 Å². The first-order chi connectivity index (χ1) is 13.1. The molecule has 0 saturated heterocycles. The smallest absolute Gasteiger partial charge is 0.191 e. The second kappa shape index (κ2) is 11.2. The lowest BCUT2D eigenvalue weighted by Crippen LogP contribution is -2.40. The van der Waals surface area contributed by atoms with Crippen molar-refractivity contribution in [1.29, 1.82) is 0 Å². The third-order valence-electron chi connectivity index (χ3n) is 5.63. The number of halogens is 1. The zero-order valence-corrected chi connectivity index (χ0v) is 19.9. The van der Waals surface area contributed by atoms with E-state index in [4.69, 9.17) is 9.47 Å². The average Bonchev–Trinajstić information content (AvgIpc) is 3.58. The highest BCUT2D eigenvalue weighted by Crippen LogP contribution is 2.48. The van der Waals surface area contributed by atoms with Crippen molar-refractivity contribution < 1.29 is 9.47 Å². The van der Waals surface area contributed by atoms with Crippen LogP contribution in [0.5, 0.6) is 5.75 Å². The molecule has 0 amide bonds. The summed E-state index contributed by atoms with van der Waals surface area (Å²) in [4.78, 5) is 4.38. The quantitative estimate of drug-likeness (QED) is 0.206. The molecule has 3 rings (SSSR count). The summed E-state index contributed by atoms with van der Waals surface area (Å²) in [6.07, 6.45) is 6.30. The Hall–Kier alpha value is -1.02. The van der Waals surface area contributed by atoms with Crippen LogP contribution in [0.25, 0.3) is 0 Å². The third-order valence-corrected chi connectivity index (χ3v) is 5.63. The van der Waals surface area contributed by atoms with Gasteiger partial charge in [-0.2, -0.15) is 0 Å². The number of hydrogen-bond acceptors (Lipinski definition) is 3. The SMILES string of the molecule is CCOCCC1(CNC(=NC)NCc2ccc(C)cc2OCC2CC2)CC1.I. The van der Waals surface area contributed by atoms with Gasteiger partial charge >= 0.3 is 0 Å². The van der Waals surface area contributed by atoms with E-state index >= 15 is 0 Å². The highest BCUT2D eigenvalue weighted by Gasteiger charge is 2.41. The predicted molar refractivity (Wildman–Crippen MR) is 126 cm³/mol. The first kappa shape index (κ1) is 23.3. The van der Waals surface area contributed by atoms with Crippen molar-refractivity contribution in [3.8, 4) is 5.75 Å². The number of aryl methyl sites for hydroxylation is 1. The molecule has 1 aromatic carbocycles. The molecule has 0 aliphatic heterocycles. The van der Waals surface area contributed by atoms with Crippen LogP contribution in [0, 0.1) is 18.3 Å². The minimum atomic E-state index is 0. The first-order valence-electron chi connectivity index (χ1n) is 10.4. The van der Waals surface area contributed by atoms with Crippen LogP contribution in [0.2, 0.25) is 0 Å². The zero-order valence-electron chi connectivity index (χ0n) is 17.6. The lowest BCUT2D eigenvalue weighted by atomic mass is 10.0. The number of guanidine groups is 1. The summed E-state index contributed by atoms with van der Waals surface area (Å²) >= 11 is 0. The van der Waals surface area contributed by atoms with E-state index in [2.05, 4.69) is 47.7 Å². The van der Waals surface area contributed by atoms with E-state index in [9.17, 15) is 0 Å². The Morgan fingerprint density at radius 3 is 2.68 bits per heavy atom. The van der Waals surface area contributed by atoms with Gasteiger partial charge in [-0.05, 0) is 68.9 Å². The molecule has 0 heterocycles. The van der Waals surface area contributed by atoms with Crippen molar-refractivity contribution in [2.45, 2.75) is 52.5 Å². The van der Waals surface area contributed by atoms with Crippen LogP contribution in [0.15, 0.2) is 23.2 Å². The standard InChI is InChI=1S/C22H35N3O2.HI/c1-4-26-12-11-22(9-10-22)16-25-21(23-3)24-14-19-8-5-17(2)13-20(19)27-15-18-6-7-18;/h5,8,13,18H,4,6-7,9-12,14-16H2,1-3H3,(H2,23,24,25);1H. The Kier molecular flexibility index (Phi) is 9.34. The van der Waals surface area contributed by atoms with Crippen LogP contribution in [0.3, 0.4) is 0 Å². The molecule has 2 fully saturated rings. The maximum Gasteiger partial charge on any atom is 0.191 e. The van der Waals surface area contributed by atoms with E-state index in [0.29, 0.717) is 12.0 Å². The second-order valence-corrected chi connectivity index (χ2v) is 8.09. The Morgan fingerprint density at radius 2 is 2.04 bits per heavy atom. The maximum atomic E-state index is 6.07. The lowest BCUT2D eigenvalue weighted by molar-refractivity contribution is 0.128. The molecule has 0 aromatic heterocycles. The van der Waals surface area contributed by atoms with Crippen LogP contribution in [0.1, 0.15) is 50.2 Å². The number of ether oxygens (including phenoxy) is 2. The molecular formula is C22H36IN3O2. The molecule has 0 spiro atoms. The Bertz CT molecular complexity index is 643. The number of aliphatic imine (C=N–C) groups is 1. The molecule has 0 atom stereocenters. The molecule has 1 aromatic rings. The average molecular weight is 501 g/mol. The van der Waals surface area contributed by atoms with Gasteiger partial charge in [0, 0.05) is 38.9 Å². The second-order valence-electron chi connectivity index (χ2n) is 8.09. The normalized spacial score (nSPS) is 17.6. The van der Waals surface area contributed by atoms with Gasteiger partial charge in [0.1, 0.15) is 5.75 Å². The lowest BCUT2D eigenvalue weighted by Gasteiger charge is -2.19. The van der Waals surface area contributed by atoms with Crippen molar-refractivity contribution >= 4 is 29.9 Å². The summed E-state index contributed by atoms with van der Waals surface area (Å²) in [6, 6.07) is 6.44. The third kappa shape index (κ3) is 7.43. The number of nitrogens with one attached hydrogen (secondary N) is 2. The molecule has 0 radical (unpaired) electrons. The maximum absolute atomic E-state index is 6.07. The first-order valence-corrected chi connectivity index (χ1v) is 10.4. The van der Waals surface area contributed by atoms with E-state index in [-0.39, 0.29) is 24.0 Å². The molecule has 2 saturated carbocycles. The molecule has 5 nitrogen and oxygen atoms in total. The number of nitrogens with zero attached hydrogens (tertiary/aromatic N) is 1. The number of rotatable bonds is 11. The summed E-state index contributed by atoms with van der Waals surface area (Å²) in [6.45, 7) is 8.33. The fraction of sp³-hybridized carbons (Fsp3) is 0.682. The van der Waals surface area contributed by atoms with Gasteiger partial charge in [-0.25, -0.2) is 0 Å². The molecule has 158 valence electrons. The fourth-order valence-electron chi connectivity index (χ4n) is 3.23. The monoisotopic (exact) mass is 501 g/mol. The highest BCUT2D eigenvalue weighted by molar-refractivity contribution is 14.0. The number of hydrogen-bond donors (Lipinski definition) is 2. The topological polar surface area (TPSA) is 54.9 Å². The van der Waals surface area contributed by atoms with Crippen LogP contribution in [0.4, 0.5) is 0 Å². The van der Waals surface area contributed by atoms with Crippen molar-refractivity contribution in [2.75, 3.05) is 33.4 Å². The van der Waals surface area contributed by atoms with Crippen molar-refractivity contribution in [2.24, 2.45) is 16.3 Å². The van der Waals surface area contributed by atoms with Crippen LogP contribution in [-0.4, -0.2) is 39.4 Å². The predicted octanol–water partition coefficient (Wildman–Crippen LogP) is 4.27. The van der Waals surface area contributed by atoms with Gasteiger partial charge in [-0.1, -0.05) is 12.1 Å². The van der Waals surface area contributed by atoms with E-state index in [1.165, 1.54) is 36.8 Å². The van der Waals surface area contributed by atoms with Gasteiger partial charge in [0.2, 0.25) is 0 Å². The molecule has 2 aliphatic rings. The van der Waals surface area contributed by atoms with E-state index < -0.39 is 0 Å². The molecule has 0 unspecified atom stereocenters. The van der Waals surface area contributed by atoms with Crippen molar-refractivity contribution in [3.05, 3.63) is 29.3 Å². The van der Waals surface area contributed by atoms with Gasteiger partial charge < -0.3 is 20.1 Å². The van der Waals surface area contributed by atoms with Gasteiger partial charge in [-0.3, -0.25) is 4.99 Å². The van der Waals surface area contributed by atoms with Gasteiger partial charge in [0.05, 0.1) is 6.61 Å². The van der Waals surface area contributed by atoms with E-state index in [0.717, 1.165) is 50.4 Å². The minimum absolute atomic E-state index is 0. The Labute approximate surface area is 187 Å². The van der Waals surface area contributed by atoms with Crippen molar-refractivity contribution in [1.82, 2.24) is 10.6 Å². The summed E-state index contributed by atoms with van der Waals surface area (Å²) in [7, 11) is 1.83. The molecule has 2 N–H and O–H groups in total. The van der Waals surface area contributed by atoms with E-state index in [1.807, 2.05) is 7.05 Å². The zero-order chi connectivity index (χ0) is 19.1. The summed E-state index contributed by atoms with van der Waals surface area (Å²) in [5.41, 5.74) is 2.81. The highest BCUT2D eigenvalue weighted by atomic mass is 127. The fourth-order valence-corrected chi connectivity index (χ4v) is 3.23. The Balaban J connectivity index is 0.00000280. The van der Waals surface area contributed by atoms with Gasteiger partial charge in [-0.15, -0.1) is 24.0 Å². The largest absolute Gasteiger partial charge is 0.493 e. The Morgan fingerprint density at radius 1 is 1.25 bits per heavy atom.